The second-order valence-electron chi connectivity index (χ2n) is 1.50. The van der Waals surface area contributed by atoms with Crippen LogP contribution >= 0.6 is 0 Å². The summed E-state index contributed by atoms with van der Waals surface area (Å²) < 4.78 is 65.0. The van der Waals surface area contributed by atoms with Crippen molar-refractivity contribution in [3.8, 4) is 6.07 Å². The minimum Gasteiger partial charge on any atom is -0.231 e. The van der Waals surface area contributed by atoms with E-state index in [2.05, 4.69) is 0 Å². The van der Waals surface area contributed by atoms with Gasteiger partial charge in [-0.05, 0) is 0 Å². The van der Waals surface area contributed by atoms with Gasteiger partial charge in [0.15, 0.2) is 0 Å². The van der Waals surface area contributed by atoms with Crippen molar-refractivity contribution in [3.63, 3.8) is 0 Å². The predicted octanol–water partition coefficient (Wildman–Crippen LogP) is -1.07. The van der Waals surface area contributed by atoms with Gasteiger partial charge in [-0.25, -0.2) is 4.72 Å². The molecule has 0 spiro atoms. The van der Waals surface area contributed by atoms with Crippen molar-refractivity contribution in [2.75, 3.05) is 0 Å². The number of nitrogens with one attached hydrogen (secondary N) is 1. The first kappa shape index (κ1) is 11.7. The second kappa shape index (κ2) is 3.62. The lowest BCUT2D eigenvalue weighted by Gasteiger charge is -1.93. The summed E-state index contributed by atoms with van der Waals surface area (Å²) in [5.74, 6) is -1.52. The Kier molecular flexibility index (Phi) is 3.27. The third-order valence-electron chi connectivity index (χ3n) is 0.525. The van der Waals surface area contributed by atoms with E-state index >= 15 is 0 Å². The zero-order valence-corrected chi connectivity index (χ0v) is 7.23. The summed E-state index contributed by atoms with van der Waals surface area (Å²) >= 11 is 0. The van der Waals surface area contributed by atoms with Crippen molar-refractivity contribution in [1.29, 1.82) is 5.26 Å². The first-order valence-electron chi connectivity index (χ1n) is 2.31. The third-order valence-corrected chi connectivity index (χ3v) is 1.36. The summed E-state index contributed by atoms with van der Waals surface area (Å²) in [6, 6.07) is 0.816. The van der Waals surface area contributed by atoms with Gasteiger partial charge in [0.25, 0.3) is 0 Å². The molecule has 74 valence electrons. The Morgan fingerprint density at radius 1 is 1.31 bits per heavy atom. The molecule has 0 saturated carbocycles. The molecule has 7 nitrogen and oxygen atoms in total. The molecule has 0 fully saturated rings. The standard InChI is InChI=1S/C2HF2N3O4S2/c3-12(8,9)6-2(1-5)7-13(4,10)11/h(H,6,7). The Morgan fingerprint density at radius 2 is 1.77 bits per heavy atom. The molecule has 0 amide bonds. The molecule has 0 aliphatic rings. The summed E-state index contributed by atoms with van der Waals surface area (Å²) in [5.41, 5.74) is 0. The average molecular weight is 233 g/mol. The van der Waals surface area contributed by atoms with Gasteiger partial charge in [-0.1, -0.05) is 7.77 Å². The number of nitrogens with zero attached hydrogens (tertiary/aromatic N) is 2. The molecule has 13 heavy (non-hydrogen) atoms. The molecular formula is C2HF2N3O4S2. The van der Waals surface area contributed by atoms with Gasteiger partial charge in [0.1, 0.15) is 6.07 Å². The number of amidine groups is 1. The second-order valence-corrected chi connectivity index (χ2v) is 3.59. The van der Waals surface area contributed by atoms with Crippen LogP contribution in [0.3, 0.4) is 0 Å². The topological polar surface area (TPSA) is 116 Å². The highest BCUT2D eigenvalue weighted by molar-refractivity contribution is 7.86. The van der Waals surface area contributed by atoms with E-state index < -0.39 is 26.7 Å². The van der Waals surface area contributed by atoms with E-state index in [0.717, 1.165) is 10.8 Å². The zero-order valence-electron chi connectivity index (χ0n) is 5.60. The van der Waals surface area contributed by atoms with Crippen LogP contribution in [0.5, 0.6) is 0 Å². The van der Waals surface area contributed by atoms with Gasteiger partial charge in [-0.3, -0.25) is 0 Å². The van der Waals surface area contributed by atoms with E-state index in [0.29, 0.717) is 0 Å². The Hall–Kier alpha value is -1.28. The lowest BCUT2D eigenvalue weighted by molar-refractivity contribution is 0.548. The Bertz CT molecular complexity index is 456. The molecular weight excluding hydrogens is 232 g/mol. The van der Waals surface area contributed by atoms with Crippen LogP contribution in [0.15, 0.2) is 4.40 Å². The summed E-state index contributed by atoms with van der Waals surface area (Å²) in [5, 5.41) is 7.95. The number of rotatable bonds is 2. The average Bonchev–Trinajstić information content (AvgIpc) is 1.79. The van der Waals surface area contributed by atoms with Gasteiger partial charge in [0.05, 0.1) is 0 Å². The Labute approximate surface area is 72.4 Å². The highest BCUT2D eigenvalue weighted by Crippen LogP contribution is 1.94. The van der Waals surface area contributed by atoms with Crippen molar-refractivity contribution in [1.82, 2.24) is 4.72 Å². The first-order valence-corrected chi connectivity index (χ1v) is 5.03. The van der Waals surface area contributed by atoms with Gasteiger partial charge in [0.2, 0.25) is 5.84 Å². The van der Waals surface area contributed by atoms with E-state index in [9.17, 15) is 24.6 Å². The smallest absolute Gasteiger partial charge is 0.231 e. The summed E-state index contributed by atoms with van der Waals surface area (Å²) in [6.07, 6.45) is 0. The molecule has 0 rings (SSSR count). The molecule has 0 aromatic heterocycles. The van der Waals surface area contributed by atoms with Crippen LogP contribution in [0, 0.1) is 11.3 Å². The van der Waals surface area contributed by atoms with Crippen LogP contribution in [0.2, 0.25) is 0 Å². The molecule has 1 N–H and O–H groups in total. The number of hydrogen-bond donors (Lipinski definition) is 1. The molecule has 0 atom stereocenters. The van der Waals surface area contributed by atoms with E-state index in [-0.39, 0.29) is 0 Å². The largest absolute Gasteiger partial charge is 0.420 e. The van der Waals surface area contributed by atoms with Gasteiger partial charge < -0.3 is 0 Å². The van der Waals surface area contributed by atoms with Crippen LogP contribution < -0.4 is 4.72 Å². The fourth-order valence-electron chi connectivity index (χ4n) is 0.286. The fourth-order valence-corrected chi connectivity index (χ4v) is 0.971. The molecule has 0 aromatic rings. The lowest BCUT2D eigenvalue weighted by Crippen LogP contribution is -2.26. The van der Waals surface area contributed by atoms with E-state index in [4.69, 9.17) is 5.26 Å². The van der Waals surface area contributed by atoms with E-state index in [1.807, 2.05) is 4.40 Å². The highest BCUT2D eigenvalue weighted by Gasteiger charge is 2.13. The van der Waals surface area contributed by atoms with Crippen LogP contribution in [0.4, 0.5) is 7.77 Å². The Balaban J connectivity index is 5.00. The van der Waals surface area contributed by atoms with Gasteiger partial charge in [-0.15, -0.1) is 4.40 Å². The van der Waals surface area contributed by atoms with Crippen LogP contribution in [0.1, 0.15) is 0 Å². The van der Waals surface area contributed by atoms with Crippen molar-refractivity contribution in [3.05, 3.63) is 0 Å². The molecule has 0 bridgehead atoms. The minimum atomic E-state index is -5.44. The monoisotopic (exact) mass is 233 g/mol. The van der Waals surface area contributed by atoms with Crippen molar-refractivity contribution in [2.45, 2.75) is 0 Å². The fraction of sp³-hybridized carbons (Fsp3) is 0. The van der Waals surface area contributed by atoms with Gasteiger partial charge in [-0.2, -0.15) is 22.1 Å². The first-order chi connectivity index (χ1) is 5.64. The molecule has 11 heteroatoms. The van der Waals surface area contributed by atoms with Crippen LogP contribution in [-0.2, 0) is 20.8 Å². The maximum absolute atomic E-state index is 11.7. The number of nitriles is 1. The highest BCUT2D eigenvalue weighted by atomic mass is 32.3. The molecule has 0 aromatic carbocycles. The summed E-state index contributed by atoms with van der Waals surface area (Å²) in [7, 11) is -10.8. The Morgan fingerprint density at radius 3 is 2.00 bits per heavy atom. The maximum Gasteiger partial charge on any atom is 0.420 e. The zero-order chi connectivity index (χ0) is 10.7. The number of hydrogen-bond acceptors (Lipinski definition) is 5. The quantitative estimate of drug-likeness (QED) is 0.370. The maximum atomic E-state index is 11.7. The molecule has 0 aliphatic heterocycles. The van der Waals surface area contributed by atoms with E-state index in [1.54, 1.807) is 0 Å². The normalized spacial score (nSPS) is 13.5. The predicted molar refractivity (Wildman–Crippen MR) is 36.2 cm³/mol. The molecule has 0 saturated heterocycles. The minimum absolute atomic E-state index is 0.738. The molecule has 0 aliphatic carbocycles. The van der Waals surface area contributed by atoms with E-state index in [1.165, 1.54) is 0 Å². The molecule has 0 radical (unpaired) electrons. The van der Waals surface area contributed by atoms with Crippen molar-refractivity contribution < 1.29 is 24.6 Å². The van der Waals surface area contributed by atoms with Crippen LogP contribution in [0.25, 0.3) is 0 Å². The summed E-state index contributed by atoms with van der Waals surface area (Å²) in [4.78, 5) is 0. The molecule has 0 unspecified atom stereocenters. The lowest BCUT2D eigenvalue weighted by atomic mass is 10.7. The van der Waals surface area contributed by atoms with Gasteiger partial charge in [0, 0.05) is 0 Å². The molecule has 0 heterocycles. The van der Waals surface area contributed by atoms with Crippen molar-refractivity contribution in [2.24, 2.45) is 4.40 Å². The number of halogens is 2. The van der Waals surface area contributed by atoms with Gasteiger partial charge >= 0.3 is 20.8 Å². The third kappa shape index (κ3) is 7.09. The van der Waals surface area contributed by atoms with Crippen molar-refractivity contribution >= 4 is 26.7 Å². The SMILES string of the molecule is N#C/C(=N\S(=O)(=O)F)NS(=O)(=O)F. The summed E-state index contributed by atoms with van der Waals surface area (Å²) in [6.45, 7) is 0. The van der Waals surface area contributed by atoms with Crippen LogP contribution in [-0.4, -0.2) is 22.7 Å².